The van der Waals surface area contributed by atoms with E-state index in [0.29, 0.717) is 6.42 Å². The van der Waals surface area contributed by atoms with Crippen LogP contribution in [0.2, 0.25) is 0 Å². The third-order valence-corrected chi connectivity index (χ3v) is 4.77. The molecule has 0 aliphatic heterocycles. The molecule has 0 bridgehead atoms. The van der Waals surface area contributed by atoms with Crippen molar-refractivity contribution in [3.63, 3.8) is 0 Å². The van der Waals surface area contributed by atoms with Crippen molar-refractivity contribution in [3.05, 3.63) is 12.2 Å². The topological polar surface area (TPSA) is 77.4 Å². The molecular formula is C18H35NaO4S. The maximum atomic E-state index is 10.4. The smallest absolute Gasteiger partial charge is 0.748 e. The normalized spacial score (nSPS) is 13.1. The van der Waals surface area contributed by atoms with Crippen molar-refractivity contribution in [3.8, 4) is 0 Å². The standard InChI is InChI=1S/C18H36O4S.Na/c1-2-3-15-18(19)16-13-11-9-7-5-4-6-8-10-12-14-17-23(20,21)22;/h13,16,18-19H,2-12,14-15,17H2,1H3,(H,20,21,22);/q;+1/p-1/b16-13-;/t18-;/m1./s1. The molecule has 0 fully saturated rings. The van der Waals surface area contributed by atoms with Crippen molar-refractivity contribution in [1.82, 2.24) is 0 Å². The molecule has 0 aliphatic rings. The first-order valence-electron chi connectivity index (χ1n) is 9.24. The quantitative estimate of drug-likeness (QED) is 0.193. The zero-order chi connectivity index (χ0) is 17.4. The van der Waals surface area contributed by atoms with Crippen LogP contribution in [-0.4, -0.2) is 29.9 Å². The van der Waals surface area contributed by atoms with Gasteiger partial charge >= 0.3 is 29.6 Å². The van der Waals surface area contributed by atoms with Gasteiger partial charge in [0.15, 0.2) is 0 Å². The Kier molecular flexibility index (Phi) is 20.6. The molecule has 24 heavy (non-hydrogen) atoms. The van der Waals surface area contributed by atoms with Crippen LogP contribution in [0, 0.1) is 0 Å². The molecular weight excluding hydrogens is 335 g/mol. The second-order valence-corrected chi connectivity index (χ2v) is 7.89. The van der Waals surface area contributed by atoms with Crippen LogP contribution in [-0.2, 0) is 10.1 Å². The summed E-state index contributed by atoms with van der Waals surface area (Å²) in [7, 11) is -4.02. The molecule has 0 amide bonds. The Bertz CT molecular complexity index is 382. The molecule has 0 aromatic heterocycles. The summed E-state index contributed by atoms with van der Waals surface area (Å²) in [5.74, 6) is -0.215. The van der Waals surface area contributed by atoms with Crippen LogP contribution in [0.4, 0.5) is 0 Å². The fourth-order valence-corrected chi connectivity index (χ4v) is 3.10. The van der Waals surface area contributed by atoms with Gasteiger partial charge in [-0.05, 0) is 25.7 Å². The van der Waals surface area contributed by atoms with Crippen molar-refractivity contribution in [1.29, 1.82) is 0 Å². The Morgan fingerprint density at radius 1 is 0.917 bits per heavy atom. The van der Waals surface area contributed by atoms with Crippen molar-refractivity contribution in [2.45, 2.75) is 96.5 Å². The van der Waals surface area contributed by atoms with Gasteiger partial charge in [-0.15, -0.1) is 0 Å². The van der Waals surface area contributed by atoms with E-state index in [4.69, 9.17) is 0 Å². The van der Waals surface area contributed by atoms with E-state index >= 15 is 0 Å². The van der Waals surface area contributed by atoms with Crippen LogP contribution in [0.1, 0.15) is 90.4 Å². The van der Waals surface area contributed by atoms with Gasteiger partial charge < -0.3 is 9.66 Å². The predicted molar refractivity (Wildman–Crippen MR) is 95.4 cm³/mol. The van der Waals surface area contributed by atoms with Gasteiger partial charge in [-0.25, -0.2) is 8.42 Å². The zero-order valence-corrected chi connectivity index (χ0v) is 18.5. The summed E-state index contributed by atoms with van der Waals surface area (Å²) >= 11 is 0. The van der Waals surface area contributed by atoms with E-state index in [2.05, 4.69) is 13.0 Å². The Hall–Kier alpha value is 0.610. The predicted octanol–water partition coefficient (Wildman–Crippen LogP) is 1.54. The van der Waals surface area contributed by atoms with Crippen LogP contribution in [0.5, 0.6) is 0 Å². The van der Waals surface area contributed by atoms with Crippen molar-refractivity contribution >= 4 is 10.1 Å². The first-order valence-corrected chi connectivity index (χ1v) is 10.8. The first-order chi connectivity index (χ1) is 11.0. The summed E-state index contributed by atoms with van der Waals surface area (Å²) in [5, 5.41) is 9.65. The zero-order valence-electron chi connectivity index (χ0n) is 15.7. The number of allylic oxidation sites excluding steroid dienone is 1. The maximum absolute atomic E-state index is 10.4. The molecule has 1 N–H and O–H groups in total. The van der Waals surface area contributed by atoms with Gasteiger partial charge in [-0.2, -0.15) is 0 Å². The minimum Gasteiger partial charge on any atom is -0.748 e. The molecule has 0 rings (SSSR count). The van der Waals surface area contributed by atoms with Crippen LogP contribution in [0.15, 0.2) is 12.2 Å². The maximum Gasteiger partial charge on any atom is 1.00 e. The van der Waals surface area contributed by atoms with Crippen LogP contribution in [0.25, 0.3) is 0 Å². The summed E-state index contributed by atoms with van der Waals surface area (Å²) in [6.07, 6.45) is 17.4. The molecule has 0 aromatic rings. The molecule has 6 heteroatoms. The third kappa shape index (κ3) is 22.6. The SMILES string of the molecule is CCCC[C@@H](O)/C=C\CCCCCCCCCCCS(=O)(=O)[O-].[Na+]. The van der Waals surface area contributed by atoms with Gasteiger partial charge in [-0.3, -0.25) is 0 Å². The van der Waals surface area contributed by atoms with E-state index in [1.54, 1.807) is 0 Å². The second-order valence-electron chi connectivity index (χ2n) is 6.37. The summed E-state index contributed by atoms with van der Waals surface area (Å²) < 4.78 is 31.3. The van der Waals surface area contributed by atoms with E-state index in [9.17, 15) is 18.1 Å². The minimum absolute atomic E-state index is 0. The number of aliphatic hydroxyl groups excluding tert-OH is 1. The molecule has 0 heterocycles. The number of hydrogen-bond donors (Lipinski definition) is 1. The molecule has 4 nitrogen and oxygen atoms in total. The van der Waals surface area contributed by atoms with Crippen molar-refractivity contribution in [2.24, 2.45) is 0 Å². The first kappa shape index (κ1) is 26.8. The van der Waals surface area contributed by atoms with Gasteiger partial charge in [0, 0.05) is 5.75 Å². The number of aliphatic hydroxyl groups is 1. The average Bonchev–Trinajstić information content (AvgIpc) is 2.48. The van der Waals surface area contributed by atoms with E-state index in [0.717, 1.165) is 44.9 Å². The van der Waals surface area contributed by atoms with E-state index in [1.807, 2.05) is 6.08 Å². The summed E-state index contributed by atoms with van der Waals surface area (Å²) in [6, 6.07) is 0. The van der Waals surface area contributed by atoms with E-state index in [1.165, 1.54) is 32.1 Å². The summed E-state index contributed by atoms with van der Waals surface area (Å²) in [6.45, 7) is 2.13. The second kappa shape index (κ2) is 18.4. The van der Waals surface area contributed by atoms with Crippen LogP contribution < -0.4 is 29.6 Å². The average molecular weight is 371 g/mol. The molecule has 0 aliphatic carbocycles. The van der Waals surface area contributed by atoms with Crippen LogP contribution in [0.3, 0.4) is 0 Å². The Morgan fingerprint density at radius 2 is 1.42 bits per heavy atom. The number of unbranched alkanes of at least 4 members (excludes halogenated alkanes) is 10. The Balaban J connectivity index is 0. The number of hydrogen-bond acceptors (Lipinski definition) is 4. The summed E-state index contributed by atoms with van der Waals surface area (Å²) in [5.41, 5.74) is 0. The monoisotopic (exact) mass is 370 g/mol. The fraction of sp³-hybridized carbons (Fsp3) is 0.889. The van der Waals surface area contributed by atoms with Gasteiger partial charge in [0.2, 0.25) is 0 Å². The molecule has 0 saturated heterocycles. The summed E-state index contributed by atoms with van der Waals surface area (Å²) in [4.78, 5) is 0. The van der Waals surface area contributed by atoms with Gasteiger partial charge in [0.05, 0.1) is 16.2 Å². The van der Waals surface area contributed by atoms with Gasteiger partial charge in [0.25, 0.3) is 0 Å². The van der Waals surface area contributed by atoms with E-state index < -0.39 is 10.1 Å². The van der Waals surface area contributed by atoms with Crippen molar-refractivity contribution < 1.29 is 47.6 Å². The van der Waals surface area contributed by atoms with Crippen LogP contribution >= 0.6 is 0 Å². The molecule has 1 atom stereocenters. The molecule has 0 unspecified atom stereocenters. The minimum atomic E-state index is -4.02. The van der Waals surface area contributed by atoms with E-state index in [-0.39, 0.29) is 41.4 Å². The third-order valence-electron chi connectivity index (χ3n) is 3.98. The largest absolute Gasteiger partial charge is 1.00 e. The molecule has 0 radical (unpaired) electrons. The van der Waals surface area contributed by atoms with Gasteiger partial charge in [0.1, 0.15) is 0 Å². The molecule has 0 saturated carbocycles. The Morgan fingerprint density at radius 3 is 1.92 bits per heavy atom. The molecule has 138 valence electrons. The Labute approximate surface area is 171 Å². The molecule has 0 spiro atoms. The van der Waals surface area contributed by atoms with Crippen molar-refractivity contribution in [2.75, 3.05) is 5.75 Å². The van der Waals surface area contributed by atoms with Gasteiger partial charge in [-0.1, -0.05) is 76.9 Å². The molecule has 0 aromatic carbocycles. The fourth-order valence-electron chi connectivity index (χ4n) is 2.54. The number of rotatable bonds is 16.